The topological polar surface area (TPSA) is 59.8 Å². The fraction of sp³-hybridized carbons (Fsp3) is 0.500. The third kappa shape index (κ3) is 2.87. The molecule has 0 spiro atoms. The van der Waals surface area contributed by atoms with Crippen LogP contribution < -0.4 is 5.32 Å². The lowest BCUT2D eigenvalue weighted by Gasteiger charge is -2.41. The van der Waals surface area contributed by atoms with Gasteiger partial charge in [-0.25, -0.2) is 0 Å². The summed E-state index contributed by atoms with van der Waals surface area (Å²) in [5.41, 5.74) is 3.21. The molecule has 1 saturated carbocycles. The quantitative estimate of drug-likeness (QED) is 0.923. The smallest absolute Gasteiger partial charge is 0.231 e. The normalized spacial score (nSPS) is 16.0. The van der Waals surface area contributed by atoms with Gasteiger partial charge in [-0.3, -0.25) is 4.79 Å². The van der Waals surface area contributed by atoms with Crippen LogP contribution in [0.5, 0.6) is 0 Å². The van der Waals surface area contributed by atoms with Crippen molar-refractivity contribution in [1.29, 1.82) is 0 Å². The standard InChI is InChI=1S/C18H24N4O/c1-4-22-12-20-21-16(22)11-19-17(23)18(6-5-7-18)15-9-13(2)8-14(3)10-15/h8-10,12H,4-7,11H2,1-3H3,(H,19,23). The minimum atomic E-state index is -0.367. The van der Waals surface area contributed by atoms with Crippen molar-refractivity contribution in [3.8, 4) is 0 Å². The molecule has 122 valence electrons. The second-order valence-electron chi connectivity index (χ2n) is 6.53. The Labute approximate surface area is 137 Å². The Bertz CT molecular complexity index is 695. The summed E-state index contributed by atoms with van der Waals surface area (Å²) in [5, 5.41) is 11.1. The molecule has 1 fully saturated rings. The molecule has 0 saturated heterocycles. The second kappa shape index (κ2) is 6.14. The van der Waals surface area contributed by atoms with Crippen LogP contribution in [0.3, 0.4) is 0 Å². The predicted molar refractivity (Wildman–Crippen MR) is 89.0 cm³/mol. The molecule has 0 radical (unpaired) electrons. The predicted octanol–water partition coefficient (Wildman–Crippen LogP) is 2.65. The SMILES string of the molecule is CCn1cnnc1CNC(=O)C1(c2cc(C)cc(C)c2)CCC1. The molecule has 1 N–H and O–H groups in total. The molecule has 1 amide bonds. The molecule has 0 bridgehead atoms. The molecule has 5 nitrogen and oxygen atoms in total. The van der Waals surface area contributed by atoms with Crippen molar-refractivity contribution < 1.29 is 4.79 Å². The fourth-order valence-corrected chi connectivity index (χ4v) is 3.44. The van der Waals surface area contributed by atoms with E-state index < -0.39 is 0 Å². The Morgan fingerprint density at radius 3 is 2.52 bits per heavy atom. The van der Waals surface area contributed by atoms with E-state index in [2.05, 4.69) is 47.6 Å². The third-order valence-corrected chi connectivity index (χ3v) is 4.86. The van der Waals surface area contributed by atoms with E-state index in [1.807, 2.05) is 11.5 Å². The van der Waals surface area contributed by atoms with Gasteiger partial charge in [-0.1, -0.05) is 35.7 Å². The van der Waals surface area contributed by atoms with E-state index in [1.54, 1.807) is 6.33 Å². The van der Waals surface area contributed by atoms with Gasteiger partial charge in [0.25, 0.3) is 0 Å². The summed E-state index contributed by atoms with van der Waals surface area (Å²) in [7, 11) is 0. The van der Waals surface area contributed by atoms with Gasteiger partial charge in [0.1, 0.15) is 6.33 Å². The zero-order valence-corrected chi connectivity index (χ0v) is 14.1. The number of nitrogens with zero attached hydrogens (tertiary/aromatic N) is 3. The van der Waals surface area contributed by atoms with Crippen molar-refractivity contribution in [2.75, 3.05) is 0 Å². The van der Waals surface area contributed by atoms with Gasteiger partial charge in [-0.05, 0) is 39.2 Å². The van der Waals surface area contributed by atoms with Gasteiger partial charge in [-0.2, -0.15) is 0 Å². The van der Waals surface area contributed by atoms with Crippen LogP contribution in [0, 0.1) is 13.8 Å². The zero-order chi connectivity index (χ0) is 16.4. The first-order chi connectivity index (χ1) is 11.0. The molecule has 0 atom stereocenters. The van der Waals surface area contributed by atoms with Crippen LogP contribution in [-0.4, -0.2) is 20.7 Å². The number of hydrogen-bond acceptors (Lipinski definition) is 3. The Balaban J connectivity index is 1.78. The molecule has 1 heterocycles. The van der Waals surface area contributed by atoms with Crippen molar-refractivity contribution in [2.24, 2.45) is 0 Å². The summed E-state index contributed by atoms with van der Waals surface area (Å²) in [6.45, 7) is 7.45. The number of amides is 1. The molecule has 23 heavy (non-hydrogen) atoms. The average Bonchev–Trinajstić information content (AvgIpc) is 2.90. The van der Waals surface area contributed by atoms with Crippen LogP contribution in [0.1, 0.15) is 48.7 Å². The maximum Gasteiger partial charge on any atom is 0.231 e. The summed E-state index contributed by atoms with van der Waals surface area (Å²) >= 11 is 0. The van der Waals surface area contributed by atoms with Gasteiger partial charge in [0, 0.05) is 6.54 Å². The number of hydrogen-bond donors (Lipinski definition) is 1. The Kier molecular flexibility index (Phi) is 4.20. The lowest BCUT2D eigenvalue weighted by molar-refractivity contribution is -0.130. The number of carbonyl (C=O) groups excluding carboxylic acids is 1. The minimum Gasteiger partial charge on any atom is -0.348 e. The average molecular weight is 312 g/mol. The van der Waals surface area contributed by atoms with Gasteiger partial charge >= 0.3 is 0 Å². The van der Waals surface area contributed by atoms with Crippen LogP contribution in [0.15, 0.2) is 24.5 Å². The van der Waals surface area contributed by atoms with Gasteiger partial charge in [0.2, 0.25) is 5.91 Å². The molecule has 2 aromatic rings. The lowest BCUT2D eigenvalue weighted by Crippen LogP contribution is -2.49. The number of carbonyl (C=O) groups is 1. The highest BCUT2D eigenvalue weighted by molar-refractivity contribution is 5.89. The van der Waals surface area contributed by atoms with Crippen LogP contribution >= 0.6 is 0 Å². The highest BCUT2D eigenvalue weighted by Gasteiger charge is 2.45. The fourth-order valence-electron chi connectivity index (χ4n) is 3.44. The Morgan fingerprint density at radius 2 is 1.96 bits per heavy atom. The van der Waals surface area contributed by atoms with Crippen molar-refractivity contribution in [1.82, 2.24) is 20.1 Å². The van der Waals surface area contributed by atoms with Crippen LogP contribution in [0.2, 0.25) is 0 Å². The third-order valence-electron chi connectivity index (χ3n) is 4.86. The Morgan fingerprint density at radius 1 is 1.26 bits per heavy atom. The van der Waals surface area contributed by atoms with Gasteiger partial charge in [0.15, 0.2) is 5.82 Å². The van der Waals surface area contributed by atoms with E-state index in [-0.39, 0.29) is 11.3 Å². The van der Waals surface area contributed by atoms with E-state index in [0.29, 0.717) is 6.54 Å². The zero-order valence-electron chi connectivity index (χ0n) is 14.1. The largest absolute Gasteiger partial charge is 0.348 e. The molecule has 1 aromatic heterocycles. The number of benzene rings is 1. The number of rotatable bonds is 5. The minimum absolute atomic E-state index is 0.111. The summed E-state index contributed by atoms with van der Waals surface area (Å²) in [5.74, 6) is 0.912. The molecule has 5 heteroatoms. The van der Waals surface area contributed by atoms with Crippen LogP contribution in [0.4, 0.5) is 0 Å². The number of aryl methyl sites for hydroxylation is 3. The van der Waals surface area contributed by atoms with Crippen molar-refractivity contribution >= 4 is 5.91 Å². The molecule has 1 aromatic carbocycles. The van der Waals surface area contributed by atoms with E-state index in [4.69, 9.17) is 0 Å². The van der Waals surface area contributed by atoms with E-state index in [1.165, 1.54) is 11.1 Å². The number of nitrogens with one attached hydrogen (secondary N) is 1. The highest BCUT2D eigenvalue weighted by atomic mass is 16.2. The van der Waals surface area contributed by atoms with Crippen molar-refractivity contribution in [3.05, 3.63) is 47.0 Å². The molecule has 0 aliphatic heterocycles. The molecule has 1 aliphatic carbocycles. The van der Waals surface area contributed by atoms with Gasteiger partial charge in [0.05, 0.1) is 12.0 Å². The van der Waals surface area contributed by atoms with E-state index in [9.17, 15) is 4.79 Å². The van der Waals surface area contributed by atoms with Gasteiger partial charge < -0.3 is 9.88 Å². The first kappa shape index (κ1) is 15.7. The lowest BCUT2D eigenvalue weighted by atomic mass is 9.63. The van der Waals surface area contributed by atoms with E-state index in [0.717, 1.165) is 37.2 Å². The summed E-state index contributed by atoms with van der Waals surface area (Å²) in [6, 6.07) is 6.46. The first-order valence-electron chi connectivity index (χ1n) is 8.29. The Hall–Kier alpha value is -2.17. The van der Waals surface area contributed by atoms with Crippen molar-refractivity contribution in [3.63, 3.8) is 0 Å². The molecule has 1 aliphatic rings. The maximum atomic E-state index is 12.9. The van der Waals surface area contributed by atoms with Crippen molar-refractivity contribution in [2.45, 2.75) is 58.5 Å². The molecular weight excluding hydrogens is 288 g/mol. The summed E-state index contributed by atoms with van der Waals surface area (Å²) in [4.78, 5) is 12.9. The summed E-state index contributed by atoms with van der Waals surface area (Å²) in [6.07, 6.45) is 4.64. The summed E-state index contributed by atoms with van der Waals surface area (Å²) < 4.78 is 1.95. The molecule has 3 rings (SSSR count). The number of aromatic nitrogens is 3. The second-order valence-corrected chi connectivity index (χ2v) is 6.53. The van der Waals surface area contributed by atoms with Crippen LogP contribution in [0.25, 0.3) is 0 Å². The molecular formula is C18H24N4O. The monoisotopic (exact) mass is 312 g/mol. The highest BCUT2D eigenvalue weighted by Crippen LogP contribution is 2.44. The van der Waals surface area contributed by atoms with E-state index >= 15 is 0 Å². The maximum absolute atomic E-state index is 12.9. The van der Waals surface area contributed by atoms with Crippen LogP contribution in [-0.2, 0) is 23.3 Å². The first-order valence-corrected chi connectivity index (χ1v) is 8.29. The van der Waals surface area contributed by atoms with Gasteiger partial charge in [-0.15, -0.1) is 10.2 Å². The molecule has 0 unspecified atom stereocenters.